The van der Waals surface area contributed by atoms with E-state index in [-0.39, 0.29) is 5.54 Å². The molecule has 154 valence electrons. The third-order valence-corrected chi connectivity index (χ3v) is 6.81. The first-order valence-corrected chi connectivity index (χ1v) is 10.1. The molecule has 4 rings (SSSR count). The number of nitrogens with zero attached hydrogens (tertiary/aromatic N) is 1. The van der Waals surface area contributed by atoms with E-state index in [1.165, 1.54) is 11.6 Å². The van der Waals surface area contributed by atoms with Crippen LogP contribution in [0.4, 0.5) is 13.2 Å². The van der Waals surface area contributed by atoms with Gasteiger partial charge in [-0.05, 0) is 81.9 Å². The second-order valence-corrected chi connectivity index (χ2v) is 8.49. The van der Waals surface area contributed by atoms with Gasteiger partial charge in [0.15, 0.2) is 0 Å². The monoisotopic (exact) mass is 400 g/mol. The minimum absolute atomic E-state index is 0.0150. The highest BCUT2D eigenvalue weighted by atomic mass is 19.4. The molecule has 2 nitrogen and oxygen atoms in total. The molecule has 1 aliphatic rings. The molecule has 0 amide bonds. The largest absolute Gasteiger partial charge is 0.416 e. The second-order valence-electron chi connectivity index (χ2n) is 8.49. The molecule has 5 heteroatoms. The molecule has 0 atom stereocenters. The summed E-state index contributed by atoms with van der Waals surface area (Å²) in [7, 11) is 4.28. The fourth-order valence-corrected chi connectivity index (χ4v) is 5.06. The van der Waals surface area contributed by atoms with Gasteiger partial charge in [-0.2, -0.15) is 13.2 Å². The van der Waals surface area contributed by atoms with Crippen molar-refractivity contribution in [2.75, 3.05) is 14.1 Å². The van der Waals surface area contributed by atoms with E-state index in [4.69, 9.17) is 0 Å². The highest BCUT2D eigenvalue weighted by molar-refractivity contribution is 5.85. The first-order chi connectivity index (χ1) is 13.7. The van der Waals surface area contributed by atoms with E-state index in [0.29, 0.717) is 11.3 Å². The summed E-state index contributed by atoms with van der Waals surface area (Å²) in [6.07, 6.45) is -0.252. The van der Waals surface area contributed by atoms with Crippen molar-refractivity contribution in [1.29, 1.82) is 0 Å². The molecular formula is C24H27F3N2. The number of halogens is 3. The van der Waals surface area contributed by atoms with Crippen LogP contribution in [0.5, 0.6) is 0 Å². The van der Waals surface area contributed by atoms with E-state index in [0.717, 1.165) is 48.5 Å². The van der Waals surface area contributed by atoms with Crippen molar-refractivity contribution in [2.24, 2.45) is 0 Å². The Morgan fingerprint density at radius 2 is 1.66 bits per heavy atom. The lowest BCUT2D eigenvalue weighted by Crippen LogP contribution is -2.44. The van der Waals surface area contributed by atoms with Crippen molar-refractivity contribution in [2.45, 2.75) is 50.2 Å². The molecule has 1 aliphatic carbocycles. The summed E-state index contributed by atoms with van der Waals surface area (Å²) >= 11 is 0. The maximum atomic E-state index is 13.1. The predicted octanol–water partition coefficient (Wildman–Crippen LogP) is 6.61. The van der Waals surface area contributed by atoms with Crippen molar-refractivity contribution in [3.8, 4) is 0 Å². The van der Waals surface area contributed by atoms with Crippen molar-refractivity contribution >= 4 is 10.9 Å². The molecule has 1 heterocycles. The lowest BCUT2D eigenvalue weighted by atomic mass is 9.71. The zero-order valence-electron chi connectivity index (χ0n) is 17.1. The fraction of sp³-hybridized carbons (Fsp3) is 0.417. The van der Waals surface area contributed by atoms with E-state index in [1.807, 2.05) is 13.0 Å². The van der Waals surface area contributed by atoms with Crippen LogP contribution in [-0.4, -0.2) is 24.0 Å². The molecule has 2 aromatic carbocycles. The number of hydrogen-bond donors (Lipinski definition) is 1. The van der Waals surface area contributed by atoms with E-state index >= 15 is 0 Å². The third-order valence-electron chi connectivity index (χ3n) is 6.81. The van der Waals surface area contributed by atoms with Crippen LogP contribution in [0.3, 0.4) is 0 Å². The number of benzene rings is 2. The average Bonchev–Trinajstić information content (AvgIpc) is 3.04. The topological polar surface area (TPSA) is 19.0 Å². The van der Waals surface area contributed by atoms with E-state index < -0.39 is 11.7 Å². The standard InChI is InChI=1S/C24H27F3N2/c1-16-20-15-19(24(25,26)27)9-10-21(20)28-22(16)17-11-13-23(14-12-17,29(2)3)18-7-5-4-6-8-18/h4-10,15,17,28H,11-14H2,1-3H3. The molecule has 1 fully saturated rings. The van der Waals surface area contributed by atoms with Crippen LogP contribution in [0.25, 0.3) is 10.9 Å². The van der Waals surface area contributed by atoms with Crippen molar-refractivity contribution in [1.82, 2.24) is 9.88 Å². The lowest BCUT2D eigenvalue weighted by Gasteiger charge is -2.45. The SMILES string of the molecule is Cc1c(C2CCC(c3ccccc3)(N(C)C)CC2)[nH]c2ccc(C(F)(F)F)cc12. The van der Waals surface area contributed by atoms with Crippen LogP contribution in [-0.2, 0) is 11.7 Å². The highest BCUT2D eigenvalue weighted by Crippen LogP contribution is 2.47. The van der Waals surface area contributed by atoms with Gasteiger partial charge < -0.3 is 4.98 Å². The molecule has 0 unspecified atom stereocenters. The maximum Gasteiger partial charge on any atom is 0.416 e. The number of nitrogens with one attached hydrogen (secondary N) is 1. The Morgan fingerprint density at radius 3 is 2.24 bits per heavy atom. The molecular weight excluding hydrogens is 373 g/mol. The Kier molecular flexibility index (Phi) is 4.97. The Labute approximate surface area is 169 Å². The number of fused-ring (bicyclic) bond motifs is 1. The first kappa shape index (κ1) is 20.0. The smallest absolute Gasteiger partial charge is 0.358 e. The van der Waals surface area contributed by atoms with Crippen molar-refractivity contribution in [3.63, 3.8) is 0 Å². The zero-order valence-corrected chi connectivity index (χ0v) is 17.1. The normalized spacial score (nSPS) is 23.1. The summed E-state index contributed by atoms with van der Waals surface area (Å²) in [5.74, 6) is 0.341. The molecule has 0 aliphatic heterocycles. The van der Waals surface area contributed by atoms with Crippen molar-refractivity contribution in [3.05, 3.63) is 70.9 Å². The van der Waals surface area contributed by atoms with E-state index in [2.05, 4.69) is 48.2 Å². The van der Waals surface area contributed by atoms with Crippen LogP contribution in [0.2, 0.25) is 0 Å². The van der Waals surface area contributed by atoms with Gasteiger partial charge in [-0.1, -0.05) is 30.3 Å². The van der Waals surface area contributed by atoms with Crippen LogP contribution in [0, 0.1) is 6.92 Å². The summed E-state index contributed by atoms with van der Waals surface area (Å²) in [6, 6.07) is 14.6. The van der Waals surface area contributed by atoms with Gasteiger partial charge in [0.25, 0.3) is 0 Å². The number of alkyl halides is 3. The number of rotatable bonds is 3. The summed E-state index contributed by atoms with van der Waals surface area (Å²) < 4.78 is 39.3. The van der Waals surface area contributed by atoms with E-state index in [9.17, 15) is 13.2 Å². The van der Waals surface area contributed by atoms with Crippen LogP contribution in [0.1, 0.15) is 54.0 Å². The fourth-order valence-electron chi connectivity index (χ4n) is 5.06. The molecule has 0 radical (unpaired) electrons. The summed E-state index contributed by atoms with van der Waals surface area (Å²) in [4.78, 5) is 5.75. The van der Waals surface area contributed by atoms with Crippen molar-refractivity contribution < 1.29 is 13.2 Å². The number of aryl methyl sites for hydroxylation is 1. The Hall–Kier alpha value is -2.27. The van der Waals surface area contributed by atoms with Gasteiger partial charge in [0.1, 0.15) is 0 Å². The summed E-state index contributed by atoms with van der Waals surface area (Å²) in [5.41, 5.74) is 3.61. The Morgan fingerprint density at radius 1 is 1.00 bits per heavy atom. The van der Waals surface area contributed by atoms with E-state index in [1.54, 1.807) is 6.07 Å². The first-order valence-electron chi connectivity index (χ1n) is 10.1. The molecule has 0 bridgehead atoms. The van der Waals surface area contributed by atoms with Crippen LogP contribution in [0.15, 0.2) is 48.5 Å². The molecule has 1 saturated carbocycles. The Bertz CT molecular complexity index is 994. The van der Waals surface area contributed by atoms with Gasteiger partial charge in [-0.3, -0.25) is 4.90 Å². The summed E-state index contributed by atoms with van der Waals surface area (Å²) in [5, 5.41) is 0.683. The van der Waals surface area contributed by atoms with Gasteiger partial charge in [0, 0.05) is 22.1 Å². The minimum Gasteiger partial charge on any atom is -0.358 e. The maximum absolute atomic E-state index is 13.1. The minimum atomic E-state index is -4.32. The molecule has 1 aromatic heterocycles. The average molecular weight is 400 g/mol. The zero-order chi connectivity index (χ0) is 20.8. The van der Waals surface area contributed by atoms with Gasteiger partial charge in [-0.25, -0.2) is 0 Å². The summed E-state index contributed by atoms with van der Waals surface area (Å²) in [6.45, 7) is 1.94. The Balaban J connectivity index is 1.63. The number of hydrogen-bond acceptors (Lipinski definition) is 1. The number of aromatic nitrogens is 1. The molecule has 0 saturated heterocycles. The van der Waals surface area contributed by atoms with Gasteiger partial charge in [0.2, 0.25) is 0 Å². The molecule has 3 aromatic rings. The molecule has 29 heavy (non-hydrogen) atoms. The molecule has 1 N–H and O–H groups in total. The number of H-pyrrole nitrogens is 1. The van der Waals surface area contributed by atoms with Gasteiger partial charge in [-0.15, -0.1) is 0 Å². The quantitative estimate of drug-likeness (QED) is 0.524. The predicted molar refractivity (Wildman–Crippen MR) is 111 cm³/mol. The van der Waals surface area contributed by atoms with Crippen LogP contribution < -0.4 is 0 Å². The van der Waals surface area contributed by atoms with Gasteiger partial charge in [0.05, 0.1) is 5.56 Å². The van der Waals surface area contributed by atoms with Crippen LogP contribution >= 0.6 is 0 Å². The van der Waals surface area contributed by atoms with Gasteiger partial charge >= 0.3 is 6.18 Å². The second kappa shape index (κ2) is 7.21. The lowest BCUT2D eigenvalue weighted by molar-refractivity contribution is -0.137. The highest BCUT2D eigenvalue weighted by Gasteiger charge is 2.39. The third kappa shape index (κ3) is 3.46. The molecule has 0 spiro atoms. The number of aromatic amines is 1.